The fraction of sp³-hybridized carbons (Fsp3) is 0.222. The number of hydrogen-bond donors (Lipinski definition) is 1. The number of rotatable bonds is 1. The highest BCUT2D eigenvalue weighted by Crippen LogP contribution is 2.03. The molecule has 2 aromatic rings. The molecule has 0 unspecified atom stereocenters. The van der Waals surface area contributed by atoms with Crippen LogP contribution in [0.5, 0.6) is 0 Å². The Kier molecular flexibility index (Phi) is 2.03. The van der Waals surface area contributed by atoms with E-state index in [0.29, 0.717) is 11.3 Å². The molecule has 2 heterocycles. The van der Waals surface area contributed by atoms with Gasteiger partial charge in [-0.3, -0.25) is 9.20 Å². The highest BCUT2D eigenvalue weighted by molar-refractivity contribution is 5.89. The van der Waals surface area contributed by atoms with Crippen molar-refractivity contribution in [1.29, 1.82) is 0 Å². The fourth-order valence-electron chi connectivity index (χ4n) is 1.36. The molecule has 6 heteroatoms. The van der Waals surface area contributed by atoms with Crippen LogP contribution in [0.2, 0.25) is 0 Å². The lowest BCUT2D eigenvalue weighted by atomic mass is 10.2. The Hall–Kier alpha value is -2.11. The molecule has 0 aliphatic rings. The van der Waals surface area contributed by atoms with Crippen LogP contribution in [0, 0.1) is 6.92 Å². The van der Waals surface area contributed by atoms with Crippen LogP contribution in [0.4, 0.5) is 0 Å². The van der Waals surface area contributed by atoms with E-state index in [4.69, 9.17) is 0 Å². The molecule has 2 rings (SSSR count). The predicted octanol–water partition coefficient (Wildman–Crippen LogP) is 0.118. The van der Waals surface area contributed by atoms with Gasteiger partial charge in [0.15, 0.2) is 0 Å². The van der Waals surface area contributed by atoms with Gasteiger partial charge in [-0.2, -0.15) is 0 Å². The number of nitrogens with zero attached hydrogens (tertiary/aromatic N) is 2. The van der Waals surface area contributed by atoms with E-state index >= 15 is 0 Å². The molecule has 0 bridgehead atoms. The molecular weight excluding hydrogens is 198 g/mol. The Bertz CT molecular complexity index is 582. The van der Waals surface area contributed by atoms with E-state index in [-0.39, 0.29) is 11.3 Å². The van der Waals surface area contributed by atoms with Crippen LogP contribution in [0.15, 0.2) is 17.2 Å². The van der Waals surface area contributed by atoms with Gasteiger partial charge in [-0.1, -0.05) is 0 Å². The molecule has 0 saturated carbocycles. The third-order valence-electron chi connectivity index (χ3n) is 2.18. The molecule has 78 valence electrons. The lowest BCUT2D eigenvalue weighted by Gasteiger charge is -2.03. The van der Waals surface area contributed by atoms with Crippen molar-refractivity contribution in [3.8, 4) is 0 Å². The summed E-state index contributed by atoms with van der Waals surface area (Å²) in [6.07, 6.45) is 3.01. The maximum Gasteiger partial charge on any atom is 0.355 e. The first kappa shape index (κ1) is 9.45. The van der Waals surface area contributed by atoms with Gasteiger partial charge in [-0.15, -0.1) is 0 Å². The zero-order chi connectivity index (χ0) is 11.0. The number of nitrogens with one attached hydrogen (secondary N) is 1. The highest BCUT2D eigenvalue weighted by atomic mass is 16.5. The van der Waals surface area contributed by atoms with Gasteiger partial charge in [0.25, 0.3) is 5.56 Å². The zero-order valence-electron chi connectivity index (χ0n) is 8.27. The Labute approximate surface area is 84.5 Å². The van der Waals surface area contributed by atoms with Gasteiger partial charge in [0.2, 0.25) is 5.78 Å². The second-order valence-electron chi connectivity index (χ2n) is 3.04. The monoisotopic (exact) mass is 207 g/mol. The molecule has 2 aromatic heterocycles. The second kappa shape index (κ2) is 3.23. The molecule has 0 saturated heterocycles. The van der Waals surface area contributed by atoms with Gasteiger partial charge in [0.1, 0.15) is 5.69 Å². The number of carbonyl (C=O) groups is 1. The third kappa shape index (κ3) is 1.30. The first-order valence-corrected chi connectivity index (χ1v) is 4.29. The van der Waals surface area contributed by atoms with Crippen LogP contribution in [0.25, 0.3) is 5.78 Å². The van der Waals surface area contributed by atoms with E-state index in [9.17, 15) is 9.59 Å². The maximum atomic E-state index is 11.7. The number of H-pyrrole nitrogens is 1. The Morgan fingerprint density at radius 3 is 3.00 bits per heavy atom. The summed E-state index contributed by atoms with van der Waals surface area (Å²) < 4.78 is 5.89. The van der Waals surface area contributed by atoms with Crippen molar-refractivity contribution >= 4 is 11.7 Å². The van der Waals surface area contributed by atoms with Crippen LogP contribution in [-0.4, -0.2) is 27.4 Å². The molecule has 6 nitrogen and oxygen atoms in total. The van der Waals surface area contributed by atoms with Crippen LogP contribution >= 0.6 is 0 Å². The normalized spacial score (nSPS) is 10.5. The van der Waals surface area contributed by atoms with Gasteiger partial charge in [-0.05, 0) is 6.92 Å². The molecule has 0 radical (unpaired) electrons. The Morgan fingerprint density at radius 1 is 1.60 bits per heavy atom. The summed E-state index contributed by atoms with van der Waals surface area (Å²) in [5.41, 5.74) is 0.176. The molecular formula is C9H9N3O3. The first-order chi connectivity index (χ1) is 7.15. The number of methoxy groups -OCH3 is 1. The first-order valence-electron chi connectivity index (χ1n) is 4.29. The SMILES string of the molecule is COC(=O)c1[nH]c2nccn2c(=O)c1C. The molecule has 0 fully saturated rings. The van der Waals surface area contributed by atoms with Crippen LogP contribution in [0.3, 0.4) is 0 Å². The fourth-order valence-corrected chi connectivity index (χ4v) is 1.36. The minimum atomic E-state index is -0.574. The Balaban J connectivity index is 2.82. The number of fused-ring (bicyclic) bond motifs is 1. The maximum absolute atomic E-state index is 11.7. The largest absolute Gasteiger partial charge is 0.464 e. The van der Waals surface area contributed by atoms with Crippen molar-refractivity contribution in [2.24, 2.45) is 0 Å². The minimum absolute atomic E-state index is 0.140. The van der Waals surface area contributed by atoms with E-state index in [1.165, 1.54) is 23.9 Å². The van der Waals surface area contributed by atoms with E-state index < -0.39 is 5.97 Å². The average Bonchev–Trinajstić information content (AvgIpc) is 2.70. The second-order valence-corrected chi connectivity index (χ2v) is 3.04. The summed E-state index contributed by atoms with van der Waals surface area (Å²) in [5, 5.41) is 0. The van der Waals surface area contributed by atoms with Gasteiger partial charge in [0, 0.05) is 18.0 Å². The molecule has 0 aliphatic heterocycles. The summed E-state index contributed by atoms with van der Waals surface area (Å²) in [7, 11) is 1.26. The summed E-state index contributed by atoms with van der Waals surface area (Å²) in [5.74, 6) is -0.249. The molecule has 15 heavy (non-hydrogen) atoms. The smallest absolute Gasteiger partial charge is 0.355 e. The van der Waals surface area contributed by atoms with Gasteiger partial charge < -0.3 is 9.72 Å². The van der Waals surface area contributed by atoms with Crippen molar-refractivity contribution in [1.82, 2.24) is 14.4 Å². The number of aromatic amines is 1. The molecule has 0 aliphatic carbocycles. The van der Waals surface area contributed by atoms with Crippen molar-refractivity contribution < 1.29 is 9.53 Å². The molecule has 0 amide bonds. The summed E-state index contributed by atoms with van der Waals surface area (Å²) in [4.78, 5) is 29.7. The molecule has 0 spiro atoms. The topological polar surface area (TPSA) is 76.5 Å². The van der Waals surface area contributed by atoms with E-state index in [1.54, 1.807) is 6.92 Å². The van der Waals surface area contributed by atoms with Crippen LogP contribution in [0.1, 0.15) is 16.1 Å². The van der Waals surface area contributed by atoms with E-state index in [1.807, 2.05) is 0 Å². The van der Waals surface area contributed by atoms with Gasteiger partial charge in [-0.25, -0.2) is 9.78 Å². The number of imidazole rings is 1. The lowest BCUT2D eigenvalue weighted by Crippen LogP contribution is -2.22. The van der Waals surface area contributed by atoms with Gasteiger partial charge >= 0.3 is 5.97 Å². The minimum Gasteiger partial charge on any atom is -0.464 e. The summed E-state index contributed by atoms with van der Waals surface area (Å²) >= 11 is 0. The summed E-state index contributed by atoms with van der Waals surface area (Å²) in [6, 6.07) is 0. The number of esters is 1. The average molecular weight is 207 g/mol. The summed E-state index contributed by atoms with van der Waals surface area (Å²) in [6.45, 7) is 1.56. The quantitative estimate of drug-likeness (QED) is 0.674. The highest BCUT2D eigenvalue weighted by Gasteiger charge is 2.15. The number of ether oxygens (including phenoxy) is 1. The van der Waals surface area contributed by atoms with Crippen molar-refractivity contribution in [3.05, 3.63) is 34.0 Å². The van der Waals surface area contributed by atoms with E-state index in [0.717, 1.165) is 0 Å². The van der Waals surface area contributed by atoms with Crippen LogP contribution < -0.4 is 5.56 Å². The molecule has 0 aromatic carbocycles. The Morgan fingerprint density at radius 2 is 2.33 bits per heavy atom. The van der Waals surface area contributed by atoms with Crippen molar-refractivity contribution in [2.45, 2.75) is 6.92 Å². The van der Waals surface area contributed by atoms with Gasteiger partial charge in [0.05, 0.1) is 7.11 Å². The molecule has 0 atom stereocenters. The molecule has 1 N–H and O–H groups in total. The van der Waals surface area contributed by atoms with Crippen LogP contribution in [-0.2, 0) is 4.74 Å². The van der Waals surface area contributed by atoms with E-state index in [2.05, 4.69) is 14.7 Å². The standard InChI is InChI=1S/C9H9N3O3/c1-5-6(8(14)15-2)11-9-10-3-4-12(9)7(5)13/h3-4H,1-2H3,(H,10,11). The number of aromatic nitrogens is 3. The number of carbonyl (C=O) groups excluding carboxylic acids is 1. The third-order valence-corrected chi connectivity index (χ3v) is 2.18. The predicted molar refractivity (Wildman–Crippen MR) is 51.9 cm³/mol. The van der Waals surface area contributed by atoms with Crippen molar-refractivity contribution in [3.63, 3.8) is 0 Å². The van der Waals surface area contributed by atoms with Crippen molar-refractivity contribution in [2.75, 3.05) is 7.11 Å². The number of hydrogen-bond acceptors (Lipinski definition) is 4. The lowest BCUT2D eigenvalue weighted by molar-refractivity contribution is 0.0593. The zero-order valence-corrected chi connectivity index (χ0v) is 8.27.